The number of nitrogens with zero attached hydrogens (tertiary/aromatic N) is 1. The van der Waals surface area contributed by atoms with Crippen molar-refractivity contribution in [3.63, 3.8) is 0 Å². The van der Waals surface area contributed by atoms with E-state index in [0.717, 1.165) is 41.0 Å². The highest BCUT2D eigenvalue weighted by molar-refractivity contribution is 7.91. The monoisotopic (exact) mass is 478 g/mol. The summed E-state index contributed by atoms with van der Waals surface area (Å²) >= 11 is 2.66. The van der Waals surface area contributed by atoms with Crippen LogP contribution in [0.15, 0.2) is 58.1 Å². The summed E-state index contributed by atoms with van der Waals surface area (Å²) < 4.78 is 40.8. The fourth-order valence-electron chi connectivity index (χ4n) is 3.62. The molecule has 9 heteroatoms. The first-order valence-corrected chi connectivity index (χ1v) is 13.2. The maximum atomic E-state index is 13.3. The van der Waals surface area contributed by atoms with Crippen LogP contribution in [-0.4, -0.2) is 31.7 Å². The summed E-state index contributed by atoms with van der Waals surface area (Å²) in [5, 5.41) is 4.94. The SMILES string of the molecule is O=C(Cc1ccc(S(=O)(=O)N2CCCCC2)s1)NC(c1ccc(F)cc1)c1cccs1. The largest absolute Gasteiger partial charge is 0.344 e. The molecular formula is C22H23FN2O3S3. The van der Waals surface area contributed by atoms with Crippen LogP contribution in [0, 0.1) is 5.82 Å². The van der Waals surface area contributed by atoms with Gasteiger partial charge in [-0.05, 0) is 54.1 Å². The van der Waals surface area contributed by atoms with E-state index in [1.165, 1.54) is 27.8 Å². The summed E-state index contributed by atoms with van der Waals surface area (Å²) in [4.78, 5) is 14.4. The molecule has 0 bridgehead atoms. The van der Waals surface area contributed by atoms with Gasteiger partial charge in [-0.2, -0.15) is 4.31 Å². The van der Waals surface area contributed by atoms with Gasteiger partial charge in [0.2, 0.25) is 5.91 Å². The van der Waals surface area contributed by atoms with Gasteiger partial charge < -0.3 is 5.32 Å². The second kappa shape index (κ2) is 9.60. The predicted octanol–water partition coefficient (Wildman–Crippen LogP) is 4.57. The minimum atomic E-state index is -3.50. The molecule has 5 nitrogen and oxygen atoms in total. The molecule has 31 heavy (non-hydrogen) atoms. The van der Waals surface area contributed by atoms with Crippen molar-refractivity contribution >= 4 is 38.6 Å². The Balaban J connectivity index is 1.47. The van der Waals surface area contributed by atoms with Crippen molar-refractivity contribution in [3.05, 3.63) is 75.0 Å². The topological polar surface area (TPSA) is 66.5 Å². The predicted molar refractivity (Wildman–Crippen MR) is 121 cm³/mol. The van der Waals surface area contributed by atoms with Crippen molar-refractivity contribution in [2.45, 2.75) is 35.9 Å². The molecule has 1 amide bonds. The fourth-order valence-corrected chi connectivity index (χ4v) is 7.45. The Kier molecular flexibility index (Phi) is 6.86. The number of amides is 1. The zero-order chi connectivity index (χ0) is 21.8. The Morgan fingerprint density at radius 2 is 1.81 bits per heavy atom. The first-order valence-electron chi connectivity index (χ1n) is 10.1. The second-order valence-corrected chi connectivity index (χ2v) is 11.7. The summed E-state index contributed by atoms with van der Waals surface area (Å²) in [5.74, 6) is -0.549. The molecule has 1 aliphatic heterocycles. The van der Waals surface area contributed by atoms with Gasteiger partial charge in [-0.15, -0.1) is 22.7 Å². The molecular weight excluding hydrogens is 455 g/mol. The molecule has 1 unspecified atom stereocenters. The molecule has 0 radical (unpaired) electrons. The minimum absolute atomic E-state index is 0.0866. The molecule has 3 aromatic rings. The van der Waals surface area contributed by atoms with Crippen molar-refractivity contribution in [1.82, 2.24) is 9.62 Å². The number of thiophene rings is 2. The number of hydrogen-bond donors (Lipinski definition) is 1. The van der Waals surface area contributed by atoms with Gasteiger partial charge in [-0.1, -0.05) is 24.6 Å². The van der Waals surface area contributed by atoms with Crippen LogP contribution in [0.4, 0.5) is 4.39 Å². The lowest BCUT2D eigenvalue weighted by Gasteiger charge is -2.25. The van der Waals surface area contributed by atoms with Gasteiger partial charge in [-0.3, -0.25) is 4.79 Å². The first kappa shape index (κ1) is 22.1. The molecule has 1 aliphatic rings. The van der Waals surface area contributed by atoms with Crippen molar-refractivity contribution in [3.8, 4) is 0 Å². The molecule has 1 aromatic carbocycles. The maximum Gasteiger partial charge on any atom is 0.252 e. The van der Waals surface area contributed by atoms with Crippen LogP contribution in [0.1, 0.15) is 40.6 Å². The lowest BCUT2D eigenvalue weighted by Crippen LogP contribution is -2.35. The molecule has 0 saturated carbocycles. The van der Waals surface area contributed by atoms with Gasteiger partial charge in [0.25, 0.3) is 10.0 Å². The quantitative estimate of drug-likeness (QED) is 0.541. The lowest BCUT2D eigenvalue weighted by atomic mass is 10.0. The zero-order valence-electron chi connectivity index (χ0n) is 16.8. The molecule has 1 saturated heterocycles. The number of halogens is 1. The Hall–Kier alpha value is -2.07. The molecule has 1 N–H and O–H groups in total. The summed E-state index contributed by atoms with van der Waals surface area (Å²) in [6.07, 6.45) is 2.91. The van der Waals surface area contributed by atoms with E-state index in [9.17, 15) is 17.6 Å². The van der Waals surface area contributed by atoms with E-state index >= 15 is 0 Å². The van der Waals surface area contributed by atoms with E-state index in [4.69, 9.17) is 0 Å². The van der Waals surface area contributed by atoms with E-state index in [1.807, 2.05) is 17.5 Å². The summed E-state index contributed by atoms with van der Waals surface area (Å²) in [6.45, 7) is 1.10. The van der Waals surface area contributed by atoms with Crippen LogP contribution in [0.3, 0.4) is 0 Å². The maximum absolute atomic E-state index is 13.3. The zero-order valence-corrected chi connectivity index (χ0v) is 19.2. The number of sulfonamides is 1. The van der Waals surface area contributed by atoms with Crippen molar-refractivity contribution in [1.29, 1.82) is 0 Å². The Morgan fingerprint density at radius 3 is 2.48 bits per heavy atom. The van der Waals surface area contributed by atoms with Crippen LogP contribution >= 0.6 is 22.7 Å². The third-order valence-corrected chi connectivity index (χ3v) is 9.61. The number of nitrogens with one attached hydrogen (secondary N) is 1. The summed E-state index contributed by atoms with van der Waals surface area (Å²) in [7, 11) is -3.50. The second-order valence-electron chi connectivity index (χ2n) is 7.43. The van der Waals surface area contributed by atoms with Crippen LogP contribution < -0.4 is 5.32 Å². The van der Waals surface area contributed by atoms with Gasteiger partial charge in [0.1, 0.15) is 10.0 Å². The highest BCUT2D eigenvalue weighted by Crippen LogP contribution is 2.29. The molecule has 0 aliphatic carbocycles. The average molecular weight is 479 g/mol. The first-order chi connectivity index (χ1) is 14.9. The van der Waals surface area contributed by atoms with Gasteiger partial charge in [0.05, 0.1) is 12.5 Å². The van der Waals surface area contributed by atoms with Gasteiger partial charge in [-0.25, -0.2) is 12.8 Å². The Bertz CT molecular complexity index is 1120. The number of hydrogen-bond acceptors (Lipinski definition) is 5. The third kappa shape index (κ3) is 5.23. The molecule has 1 atom stereocenters. The number of piperidine rings is 1. The summed E-state index contributed by atoms with van der Waals surface area (Å²) in [6, 6.07) is 12.8. The highest BCUT2D eigenvalue weighted by Gasteiger charge is 2.27. The van der Waals surface area contributed by atoms with Gasteiger partial charge >= 0.3 is 0 Å². The van der Waals surface area contributed by atoms with Crippen molar-refractivity contribution < 1.29 is 17.6 Å². The lowest BCUT2D eigenvalue weighted by molar-refractivity contribution is -0.120. The van der Waals surface area contributed by atoms with Crippen molar-refractivity contribution in [2.75, 3.05) is 13.1 Å². The van der Waals surface area contributed by atoms with Gasteiger partial charge in [0, 0.05) is 22.8 Å². The minimum Gasteiger partial charge on any atom is -0.344 e. The Labute approximate surface area is 189 Å². The average Bonchev–Trinajstić information content (AvgIpc) is 3.46. The smallest absolute Gasteiger partial charge is 0.252 e. The van der Waals surface area contributed by atoms with Crippen LogP contribution in [0.2, 0.25) is 0 Å². The standard InChI is InChI=1S/C22H23FN2O3S3/c23-17-8-6-16(7-9-17)22(19-5-4-14-29-19)24-20(26)15-18-10-11-21(30-18)31(27,28)25-12-2-1-3-13-25/h4-11,14,22H,1-3,12-13,15H2,(H,24,26). The normalized spacial score (nSPS) is 16.2. The van der Waals surface area contributed by atoms with E-state index in [2.05, 4.69) is 5.32 Å². The fraction of sp³-hybridized carbons (Fsp3) is 0.318. The van der Waals surface area contributed by atoms with E-state index in [1.54, 1.807) is 24.3 Å². The van der Waals surface area contributed by atoms with Crippen LogP contribution in [0.25, 0.3) is 0 Å². The molecule has 0 spiro atoms. The van der Waals surface area contributed by atoms with Crippen LogP contribution in [-0.2, 0) is 21.2 Å². The molecule has 2 aromatic heterocycles. The van der Waals surface area contributed by atoms with Crippen LogP contribution in [0.5, 0.6) is 0 Å². The number of benzene rings is 1. The number of rotatable bonds is 7. The molecule has 3 heterocycles. The number of carbonyl (C=O) groups excluding carboxylic acids is 1. The van der Waals surface area contributed by atoms with E-state index in [0.29, 0.717) is 18.0 Å². The highest BCUT2D eigenvalue weighted by atomic mass is 32.2. The summed E-state index contributed by atoms with van der Waals surface area (Å²) in [5.41, 5.74) is 0.789. The molecule has 1 fully saturated rings. The number of carbonyl (C=O) groups is 1. The van der Waals surface area contributed by atoms with Crippen molar-refractivity contribution in [2.24, 2.45) is 0 Å². The molecule has 164 valence electrons. The molecule has 4 rings (SSSR count). The van der Waals surface area contributed by atoms with E-state index in [-0.39, 0.29) is 28.4 Å². The van der Waals surface area contributed by atoms with Gasteiger partial charge in [0.15, 0.2) is 0 Å². The Morgan fingerprint density at radius 1 is 1.06 bits per heavy atom. The third-order valence-electron chi connectivity index (χ3n) is 5.22. The van der Waals surface area contributed by atoms with E-state index < -0.39 is 10.0 Å².